The van der Waals surface area contributed by atoms with Crippen LogP contribution in [0.15, 0.2) is 65.3 Å². The molecule has 0 bridgehead atoms. The predicted molar refractivity (Wildman–Crippen MR) is 78.7 cm³/mol. The number of aromatic nitrogens is 2. The summed E-state index contributed by atoms with van der Waals surface area (Å²) in [6.07, 6.45) is 12.1. The minimum Gasteiger partial charge on any atom is -0.342 e. The molecule has 0 amide bonds. The molecule has 1 aromatic heterocycles. The van der Waals surface area contributed by atoms with E-state index in [9.17, 15) is 4.79 Å². The van der Waals surface area contributed by atoms with E-state index in [1.807, 2.05) is 42.6 Å². The van der Waals surface area contributed by atoms with Gasteiger partial charge < -0.3 is 9.88 Å². The van der Waals surface area contributed by atoms with Gasteiger partial charge in [-0.3, -0.25) is 4.57 Å². The zero-order chi connectivity index (χ0) is 13.5. The summed E-state index contributed by atoms with van der Waals surface area (Å²) in [6.45, 7) is 0.824. The topological polar surface area (TPSA) is 41.0 Å². The van der Waals surface area contributed by atoms with Crippen molar-refractivity contribution in [2.75, 3.05) is 6.54 Å². The Bertz CT molecular complexity index is 861. The Morgan fingerprint density at radius 2 is 2.10 bits per heavy atom. The first-order valence-electron chi connectivity index (χ1n) is 6.48. The Kier molecular flexibility index (Phi) is 2.29. The summed E-state index contributed by atoms with van der Waals surface area (Å²) in [7, 11) is 0. The molecule has 2 aliphatic rings. The normalized spacial score (nSPS) is 17.1. The average molecular weight is 262 g/mol. The smallest absolute Gasteiger partial charge is 0.331 e. The second kappa shape index (κ2) is 4.13. The maximum absolute atomic E-state index is 12.3. The van der Waals surface area contributed by atoms with E-state index in [1.165, 1.54) is 0 Å². The fourth-order valence-corrected chi connectivity index (χ4v) is 2.65. The van der Waals surface area contributed by atoms with Crippen molar-refractivity contribution in [3.05, 3.63) is 77.0 Å². The zero-order valence-electron chi connectivity index (χ0n) is 10.7. The number of H-pyrrole nitrogens is 1. The van der Waals surface area contributed by atoms with Gasteiger partial charge in [0.05, 0.1) is 22.4 Å². The van der Waals surface area contributed by atoms with Crippen LogP contribution < -0.4 is 5.69 Å². The minimum absolute atomic E-state index is 0.128. The van der Waals surface area contributed by atoms with E-state index in [2.05, 4.69) is 22.0 Å². The lowest BCUT2D eigenvalue weighted by molar-refractivity contribution is 0.522. The van der Waals surface area contributed by atoms with Crippen LogP contribution in [0.3, 0.4) is 0 Å². The van der Waals surface area contributed by atoms with Gasteiger partial charge in [-0.15, -0.1) is 0 Å². The monoisotopic (exact) mass is 262 g/mol. The van der Waals surface area contributed by atoms with Gasteiger partial charge in [-0.1, -0.05) is 18.2 Å². The summed E-state index contributed by atoms with van der Waals surface area (Å²) in [5, 5.41) is 0. The van der Waals surface area contributed by atoms with Crippen molar-refractivity contribution in [1.29, 1.82) is 0 Å². The molecule has 97 valence electrons. The van der Waals surface area contributed by atoms with Crippen LogP contribution in [0.4, 0.5) is 0 Å². The van der Waals surface area contributed by atoms with Gasteiger partial charge in [0.25, 0.3) is 0 Å². The van der Waals surface area contributed by atoms with Crippen molar-refractivity contribution in [2.45, 2.75) is 0 Å². The average Bonchev–Trinajstić information content (AvgIpc) is 2.82. The molecule has 3 heterocycles. The maximum atomic E-state index is 12.3. The highest BCUT2D eigenvalue weighted by Gasteiger charge is 2.20. The lowest BCUT2D eigenvalue weighted by atomic mass is 10.1. The van der Waals surface area contributed by atoms with E-state index in [-0.39, 0.29) is 5.69 Å². The number of hydrogen-bond acceptors (Lipinski definition) is 2. The standard InChI is InChI=1S/C16H12N3O/c20-16-17-12-6-1-2-7-13(12)19(16)15-9-5-11-18-10-4-3-8-14(15)18/h2-9,11H,10H2,(H,17,20). The van der Waals surface area contributed by atoms with Crippen LogP contribution in [-0.2, 0) is 0 Å². The fraction of sp³-hybridized carbons (Fsp3) is 0.0625. The van der Waals surface area contributed by atoms with Crippen LogP contribution in [0.5, 0.6) is 0 Å². The highest BCUT2D eigenvalue weighted by Crippen LogP contribution is 2.27. The summed E-state index contributed by atoms with van der Waals surface area (Å²) in [6, 6.07) is 8.49. The van der Waals surface area contributed by atoms with Crippen molar-refractivity contribution in [3.8, 4) is 0 Å². The molecule has 4 heteroatoms. The maximum Gasteiger partial charge on any atom is 0.331 e. The molecular weight excluding hydrogens is 250 g/mol. The van der Waals surface area contributed by atoms with Crippen molar-refractivity contribution in [3.63, 3.8) is 0 Å². The summed E-state index contributed by atoms with van der Waals surface area (Å²) < 4.78 is 1.71. The molecule has 0 fully saturated rings. The highest BCUT2D eigenvalue weighted by molar-refractivity contribution is 5.82. The van der Waals surface area contributed by atoms with E-state index >= 15 is 0 Å². The molecular formula is C16H12N3O. The third-order valence-corrected chi connectivity index (χ3v) is 3.55. The van der Waals surface area contributed by atoms with Gasteiger partial charge in [0, 0.05) is 12.7 Å². The fourth-order valence-electron chi connectivity index (χ4n) is 2.65. The molecule has 0 atom stereocenters. The van der Waals surface area contributed by atoms with Crippen LogP contribution >= 0.6 is 0 Å². The first-order chi connectivity index (χ1) is 9.84. The van der Waals surface area contributed by atoms with Crippen molar-refractivity contribution >= 4 is 16.7 Å². The Morgan fingerprint density at radius 1 is 1.20 bits per heavy atom. The second-order valence-corrected chi connectivity index (χ2v) is 4.73. The predicted octanol–water partition coefficient (Wildman–Crippen LogP) is 2.25. The van der Waals surface area contributed by atoms with Gasteiger partial charge in [0.15, 0.2) is 0 Å². The summed E-state index contributed by atoms with van der Waals surface area (Å²) in [5.41, 5.74) is 3.46. The van der Waals surface area contributed by atoms with Gasteiger partial charge in [-0.05, 0) is 36.4 Å². The van der Waals surface area contributed by atoms with Gasteiger partial charge in [0.2, 0.25) is 0 Å². The number of imidazole rings is 1. The Balaban J connectivity index is 1.99. The number of allylic oxidation sites excluding steroid dienone is 5. The van der Waals surface area contributed by atoms with E-state index in [0.29, 0.717) is 0 Å². The van der Waals surface area contributed by atoms with E-state index in [4.69, 9.17) is 0 Å². The van der Waals surface area contributed by atoms with E-state index in [1.54, 1.807) is 10.6 Å². The first-order valence-corrected chi connectivity index (χ1v) is 6.48. The Labute approximate surface area is 115 Å². The van der Waals surface area contributed by atoms with Crippen LogP contribution in [0, 0.1) is 6.07 Å². The molecule has 0 saturated heterocycles. The third-order valence-electron chi connectivity index (χ3n) is 3.55. The number of aromatic amines is 1. The molecule has 4 rings (SSSR count). The number of hydrogen-bond donors (Lipinski definition) is 1. The van der Waals surface area contributed by atoms with Crippen LogP contribution in [-0.4, -0.2) is 21.0 Å². The number of nitrogens with zero attached hydrogens (tertiary/aromatic N) is 2. The molecule has 2 aromatic rings. The molecule has 4 nitrogen and oxygen atoms in total. The molecule has 1 aromatic carbocycles. The molecule has 2 aliphatic heterocycles. The number of fused-ring (bicyclic) bond motifs is 2. The van der Waals surface area contributed by atoms with Crippen LogP contribution in [0.1, 0.15) is 0 Å². The van der Waals surface area contributed by atoms with Gasteiger partial charge in [0.1, 0.15) is 0 Å². The number of rotatable bonds is 1. The van der Waals surface area contributed by atoms with Gasteiger partial charge in [-0.25, -0.2) is 4.79 Å². The minimum atomic E-state index is -0.128. The summed E-state index contributed by atoms with van der Waals surface area (Å²) in [4.78, 5) is 17.3. The van der Waals surface area contributed by atoms with E-state index < -0.39 is 0 Å². The van der Waals surface area contributed by atoms with Crippen molar-refractivity contribution in [1.82, 2.24) is 14.5 Å². The molecule has 0 aliphatic carbocycles. The lowest BCUT2D eigenvalue weighted by Gasteiger charge is -2.29. The summed E-state index contributed by atoms with van der Waals surface area (Å²) >= 11 is 0. The number of nitrogens with one attached hydrogen (secondary N) is 1. The summed E-state index contributed by atoms with van der Waals surface area (Å²) in [5.74, 6) is 0. The van der Waals surface area contributed by atoms with E-state index in [0.717, 1.165) is 29.0 Å². The molecule has 0 saturated carbocycles. The quantitative estimate of drug-likeness (QED) is 0.856. The van der Waals surface area contributed by atoms with Crippen molar-refractivity contribution in [2.24, 2.45) is 0 Å². The SMILES string of the molecule is O=c1[nH]c2c[c]ccc2n1C1=CC=CN2CC=CC=C12. The largest absolute Gasteiger partial charge is 0.342 e. The van der Waals surface area contributed by atoms with Crippen molar-refractivity contribution < 1.29 is 0 Å². The zero-order valence-corrected chi connectivity index (χ0v) is 10.7. The molecule has 1 N–H and O–H groups in total. The molecule has 1 radical (unpaired) electrons. The molecule has 20 heavy (non-hydrogen) atoms. The number of benzene rings is 1. The third kappa shape index (κ3) is 1.51. The van der Waals surface area contributed by atoms with Crippen LogP contribution in [0.2, 0.25) is 0 Å². The molecule has 0 unspecified atom stereocenters. The first kappa shape index (κ1) is 11.1. The highest BCUT2D eigenvalue weighted by atomic mass is 16.1. The lowest BCUT2D eigenvalue weighted by Crippen LogP contribution is -2.27. The van der Waals surface area contributed by atoms with Gasteiger partial charge in [-0.2, -0.15) is 0 Å². The Morgan fingerprint density at radius 3 is 3.05 bits per heavy atom. The second-order valence-electron chi connectivity index (χ2n) is 4.73. The van der Waals surface area contributed by atoms with Gasteiger partial charge >= 0.3 is 5.69 Å². The Hall–Kier alpha value is -2.75. The van der Waals surface area contributed by atoms with Crippen LogP contribution in [0.25, 0.3) is 16.7 Å². The molecule has 0 spiro atoms.